The fourth-order valence-electron chi connectivity index (χ4n) is 4.05. The number of aromatic nitrogens is 1. The van der Waals surface area contributed by atoms with Crippen molar-refractivity contribution in [2.24, 2.45) is 5.92 Å². The number of nitrogens with zero attached hydrogens (tertiary/aromatic N) is 1. The van der Waals surface area contributed by atoms with Crippen molar-refractivity contribution in [1.82, 2.24) is 9.88 Å². The molecule has 1 heterocycles. The minimum absolute atomic E-state index is 0.0822. The molecule has 1 fully saturated rings. The molecule has 1 amide bonds. The van der Waals surface area contributed by atoms with Crippen LogP contribution in [0, 0.1) is 18.7 Å². The van der Waals surface area contributed by atoms with Gasteiger partial charge in [-0.3, -0.25) is 4.79 Å². The van der Waals surface area contributed by atoms with E-state index >= 15 is 0 Å². The molecule has 0 radical (unpaired) electrons. The van der Waals surface area contributed by atoms with Crippen molar-refractivity contribution < 1.29 is 18.7 Å². The predicted octanol–water partition coefficient (Wildman–Crippen LogP) is 4.47. The second-order valence-corrected chi connectivity index (χ2v) is 7.78. The molecular weight excluding hydrogens is 371 g/mol. The van der Waals surface area contributed by atoms with Crippen molar-refractivity contribution in [3.05, 3.63) is 47.4 Å². The van der Waals surface area contributed by atoms with E-state index in [0.717, 1.165) is 24.8 Å². The number of carbonyl (C=O) groups is 2. The second-order valence-electron chi connectivity index (χ2n) is 7.78. The van der Waals surface area contributed by atoms with Crippen LogP contribution in [0.5, 0.6) is 0 Å². The van der Waals surface area contributed by atoms with Gasteiger partial charge in [-0.2, -0.15) is 0 Å². The van der Waals surface area contributed by atoms with Crippen molar-refractivity contribution in [1.29, 1.82) is 0 Å². The highest BCUT2D eigenvalue weighted by Crippen LogP contribution is 2.28. The van der Waals surface area contributed by atoms with Gasteiger partial charge < -0.3 is 14.6 Å². The van der Waals surface area contributed by atoms with Crippen LogP contribution in [-0.2, 0) is 16.1 Å². The summed E-state index contributed by atoms with van der Waals surface area (Å²) in [6.45, 7) is 6.10. The van der Waals surface area contributed by atoms with Gasteiger partial charge in [-0.15, -0.1) is 0 Å². The topological polar surface area (TPSA) is 60.3 Å². The Morgan fingerprint density at radius 3 is 2.55 bits per heavy atom. The summed E-state index contributed by atoms with van der Waals surface area (Å²) < 4.78 is 20.3. The summed E-state index contributed by atoms with van der Waals surface area (Å²) in [7, 11) is 0. The molecule has 6 heteroatoms. The van der Waals surface area contributed by atoms with Gasteiger partial charge in [-0.25, -0.2) is 9.18 Å². The van der Waals surface area contributed by atoms with Crippen LogP contribution in [0.25, 0.3) is 11.3 Å². The smallest absolute Gasteiger partial charge is 0.339 e. The molecule has 156 valence electrons. The van der Waals surface area contributed by atoms with Crippen LogP contribution in [0.2, 0.25) is 0 Å². The molecule has 1 aromatic carbocycles. The van der Waals surface area contributed by atoms with Crippen molar-refractivity contribution in [3.8, 4) is 11.3 Å². The number of esters is 1. The van der Waals surface area contributed by atoms with E-state index in [2.05, 4.69) is 12.2 Å². The van der Waals surface area contributed by atoms with Gasteiger partial charge in [-0.1, -0.05) is 19.8 Å². The summed E-state index contributed by atoms with van der Waals surface area (Å²) in [5, 5.41) is 3.16. The van der Waals surface area contributed by atoms with Crippen LogP contribution >= 0.6 is 0 Å². The molecule has 0 aliphatic heterocycles. The van der Waals surface area contributed by atoms with Crippen LogP contribution in [-0.4, -0.2) is 29.1 Å². The number of benzene rings is 1. The van der Waals surface area contributed by atoms with E-state index in [9.17, 15) is 14.0 Å². The van der Waals surface area contributed by atoms with Crippen molar-refractivity contribution in [2.45, 2.75) is 59.0 Å². The average Bonchev–Trinajstić information content (AvgIpc) is 3.01. The molecule has 1 aliphatic carbocycles. The third-order valence-electron chi connectivity index (χ3n) is 5.76. The highest BCUT2D eigenvalue weighted by molar-refractivity contribution is 5.93. The Balaban J connectivity index is 1.89. The quantitative estimate of drug-likeness (QED) is 0.728. The van der Waals surface area contributed by atoms with E-state index in [1.54, 1.807) is 32.0 Å². The minimum Gasteiger partial charge on any atom is -0.462 e. The minimum atomic E-state index is -0.423. The number of halogens is 1. The summed E-state index contributed by atoms with van der Waals surface area (Å²) in [6.07, 6.45) is 4.46. The Labute approximate surface area is 171 Å². The molecule has 0 saturated heterocycles. The highest BCUT2D eigenvalue weighted by atomic mass is 19.1. The van der Waals surface area contributed by atoms with E-state index in [0.29, 0.717) is 22.9 Å². The zero-order chi connectivity index (χ0) is 21.0. The number of hydrogen-bond donors (Lipinski definition) is 1. The molecule has 3 rings (SSSR count). The number of ether oxygens (including phenoxy) is 1. The normalized spacial score (nSPS) is 19.0. The maximum Gasteiger partial charge on any atom is 0.339 e. The lowest BCUT2D eigenvalue weighted by Gasteiger charge is -2.29. The molecule has 1 saturated carbocycles. The Morgan fingerprint density at radius 2 is 1.90 bits per heavy atom. The fourth-order valence-corrected chi connectivity index (χ4v) is 4.05. The van der Waals surface area contributed by atoms with Gasteiger partial charge >= 0.3 is 5.97 Å². The lowest BCUT2D eigenvalue weighted by molar-refractivity contribution is -0.122. The summed E-state index contributed by atoms with van der Waals surface area (Å²) in [4.78, 5) is 25.2. The van der Waals surface area contributed by atoms with Gasteiger partial charge in [0.25, 0.3) is 0 Å². The molecular formula is C23H29FN2O3. The monoisotopic (exact) mass is 400 g/mol. The van der Waals surface area contributed by atoms with Crippen molar-refractivity contribution >= 4 is 11.9 Å². The van der Waals surface area contributed by atoms with E-state index in [1.807, 2.05) is 4.57 Å². The van der Waals surface area contributed by atoms with Gasteiger partial charge in [0, 0.05) is 17.4 Å². The Kier molecular flexibility index (Phi) is 6.72. The number of nitrogens with one attached hydrogen (secondary N) is 1. The molecule has 0 bridgehead atoms. The van der Waals surface area contributed by atoms with Crippen LogP contribution in [0.15, 0.2) is 30.3 Å². The molecule has 1 N–H and O–H groups in total. The van der Waals surface area contributed by atoms with Crippen LogP contribution in [0.1, 0.15) is 55.6 Å². The first-order valence-corrected chi connectivity index (χ1v) is 10.3. The molecule has 5 nitrogen and oxygen atoms in total. The predicted molar refractivity (Wildman–Crippen MR) is 110 cm³/mol. The summed E-state index contributed by atoms with van der Waals surface area (Å²) >= 11 is 0. The lowest BCUT2D eigenvalue weighted by Crippen LogP contribution is -2.42. The van der Waals surface area contributed by atoms with Crippen molar-refractivity contribution in [3.63, 3.8) is 0 Å². The molecule has 29 heavy (non-hydrogen) atoms. The van der Waals surface area contributed by atoms with Crippen LogP contribution in [0.3, 0.4) is 0 Å². The molecule has 0 unspecified atom stereocenters. The maximum atomic E-state index is 13.4. The lowest BCUT2D eigenvalue weighted by atomic mass is 9.86. The Bertz CT molecular complexity index is 873. The number of hydrogen-bond acceptors (Lipinski definition) is 3. The number of rotatable bonds is 6. The molecule has 0 spiro atoms. The Morgan fingerprint density at radius 1 is 1.21 bits per heavy atom. The van der Waals surface area contributed by atoms with Gasteiger partial charge in [-0.05, 0) is 68.5 Å². The standard InChI is InChI=1S/C23H29FN2O3/c1-4-29-23(28)19-13-21(17-9-11-18(24)12-10-17)26(16(19)3)14-22(27)25-20-8-6-5-7-15(20)2/h9-13,15,20H,4-8,14H2,1-3H3,(H,25,27)/t15-,20-/m1/s1. The summed E-state index contributed by atoms with van der Waals surface area (Å²) in [5.41, 5.74) is 2.51. The maximum absolute atomic E-state index is 13.4. The van der Waals surface area contributed by atoms with Gasteiger partial charge in [0.15, 0.2) is 0 Å². The molecule has 1 aliphatic rings. The third-order valence-corrected chi connectivity index (χ3v) is 5.76. The zero-order valence-electron chi connectivity index (χ0n) is 17.3. The van der Waals surface area contributed by atoms with E-state index in [-0.39, 0.29) is 30.9 Å². The summed E-state index contributed by atoms with van der Waals surface area (Å²) in [6, 6.07) is 7.95. The molecule has 2 aromatic rings. The van der Waals surface area contributed by atoms with Gasteiger partial charge in [0.05, 0.1) is 12.2 Å². The third kappa shape index (κ3) is 4.86. The fraction of sp³-hybridized carbons (Fsp3) is 0.478. The first kappa shape index (κ1) is 21.1. The van der Waals surface area contributed by atoms with Gasteiger partial charge in [0.1, 0.15) is 12.4 Å². The first-order chi connectivity index (χ1) is 13.9. The van der Waals surface area contributed by atoms with Gasteiger partial charge in [0.2, 0.25) is 5.91 Å². The second kappa shape index (κ2) is 9.25. The SMILES string of the molecule is CCOC(=O)c1cc(-c2ccc(F)cc2)n(CC(=O)N[C@@H]2CCCC[C@H]2C)c1C. The van der Waals surface area contributed by atoms with E-state index in [4.69, 9.17) is 4.74 Å². The largest absolute Gasteiger partial charge is 0.462 e. The average molecular weight is 400 g/mol. The molecule has 2 atom stereocenters. The zero-order valence-corrected chi connectivity index (χ0v) is 17.3. The first-order valence-electron chi connectivity index (χ1n) is 10.3. The number of carbonyl (C=O) groups excluding carboxylic acids is 2. The molecule has 1 aromatic heterocycles. The van der Waals surface area contributed by atoms with Crippen LogP contribution in [0.4, 0.5) is 4.39 Å². The Hall–Kier alpha value is -2.63. The summed E-state index contributed by atoms with van der Waals surface area (Å²) in [5.74, 6) is -0.377. The highest BCUT2D eigenvalue weighted by Gasteiger charge is 2.25. The number of amides is 1. The van der Waals surface area contributed by atoms with E-state index < -0.39 is 5.97 Å². The van der Waals surface area contributed by atoms with E-state index in [1.165, 1.54) is 18.6 Å². The van der Waals surface area contributed by atoms with Crippen molar-refractivity contribution in [2.75, 3.05) is 6.61 Å². The van der Waals surface area contributed by atoms with Crippen LogP contribution < -0.4 is 5.32 Å².